The first-order valence-corrected chi connectivity index (χ1v) is 3.59. The quantitative estimate of drug-likeness (QED) is 0.793. The van der Waals surface area contributed by atoms with E-state index in [-0.39, 0.29) is 11.4 Å². The SMILES string of the molecule is Nc1ncc(C(F)F)cc1Br. The van der Waals surface area contributed by atoms with Crippen LogP contribution in [0, 0.1) is 0 Å². The molecule has 2 N–H and O–H groups in total. The second-order valence-electron chi connectivity index (χ2n) is 1.94. The van der Waals surface area contributed by atoms with E-state index in [1.807, 2.05) is 0 Å². The second kappa shape index (κ2) is 3.13. The molecule has 60 valence electrons. The Morgan fingerprint density at radius 2 is 2.18 bits per heavy atom. The number of pyridine rings is 1. The molecule has 1 rings (SSSR count). The summed E-state index contributed by atoms with van der Waals surface area (Å²) in [5.74, 6) is 0.217. The van der Waals surface area contributed by atoms with E-state index in [1.165, 1.54) is 6.07 Å². The number of halogens is 3. The van der Waals surface area contributed by atoms with Gasteiger partial charge in [-0.25, -0.2) is 13.8 Å². The molecule has 0 aliphatic carbocycles. The van der Waals surface area contributed by atoms with Crippen LogP contribution in [0.15, 0.2) is 16.7 Å². The molecule has 0 aliphatic heterocycles. The maximum atomic E-state index is 12.0. The number of nitrogen functional groups attached to an aromatic ring is 1. The summed E-state index contributed by atoms with van der Waals surface area (Å²) in [6, 6.07) is 1.26. The zero-order valence-electron chi connectivity index (χ0n) is 5.39. The lowest BCUT2D eigenvalue weighted by atomic mass is 10.3. The summed E-state index contributed by atoms with van der Waals surface area (Å²) in [5.41, 5.74) is 5.15. The van der Waals surface area contributed by atoms with Gasteiger partial charge in [-0.3, -0.25) is 0 Å². The van der Waals surface area contributed by atoms with Crippen molar-refractivity contribution in [1.82, 2.24) is 4.98 Å². The summed E-state index contributed by atoms with van der Waals surface area (Å²) in [7, 11) is 0. The molecule has 2 nitrogen and oxygen atoms in total. The van der Waals surface area contributed by atoms with Gasteiger partial charge >= 0.3 is 0 Å². The molecule has 0 saturated heterocycles. The molecular formula is C6H5BrF2N2. The molecule has 1 heterocycles. The molecule has 0 radical (unpaired) electrons. The molecule has 0 saturated carbocycles. The fraction of sp³-hybridized carbons (Fsp3) is 0.167. The Morgan fingerprint density at radius 3 is 2.64 bits per heavy atom. The van der Waals surface area contributed by atoms with Crippen LogP contribution in [-0.2, 0) is 0 Å². The number of aromatic nitrogens is 1. The number of nitrogens with zero attached hydrogens (tertiary/aromatic N) is 1. The molecule has 1 aromatic rings. The van der Waals surface area contributed by atoms with Crippen molar-refractivity contribution in [2.75, 3.05) is 5.73 Å². The smallest absolute Gasteiger partial charge is 0.265 e. The van der Waals surface area contributed by atoms with E-state index in [0.29, 0.717) is 4.47 Å². The first-order chi connectivity index (χ1) is 5.11. The number of anilines is 1. The largest absolute Gasteiger partial charge is 0.383 e. The number of nitrogens with two attached hydrogens (primary N) is 1. The first kappa shape index (κ1) is 8.39. The minimum Gasteiger partial charge on any atom is -0.383 e. The zero-order valence-corrected chi connectivity index (χ0v) is 6.98. The lowest BCUT2D eigenvalue weighted by molar-refractivity contribution is 0.151. The van der Waals surface area contributed by atoms with Gasteiger partial charge in [0.15, 0.2) is 0 Å². The number of alkyl halides is 2. The van der Waals surface area contributed by atoms with Crippen LogP contribution in [0.2, 0.25) is 0 Å². The Morgan fingerprint density at radius 1 is 1.55 bits per heavy atom. The average molecular weight is 223 g/mol. The maximum absolute atomic E-state index is 12.0. The Kier molecular flexibility index (Phi) is 2.38. The van der Waals surface area contributed by atoms with Gasteiger partial charge in [0.1, 0.15) is 5.82 Å². The summed E-state index contributed by atoms with van der Waals surface area (Å²) in [6.45, 7) is 0. The van der Waals surface area contributed by atoms with Gasteiger partial charge in [0.05, 0.1) is 4.47 Å². The van der Waals surface area contributed by atoms with Crippen molar-refractivity contribution < 1.29 is 8.78 Å². The van der Waals surface area contributed by atoms with Gasteiger partial charge in [-0.15, -0.1) is 0 Å². The summed E-state index contributed by atoms with van der Waals surface area (Å²) >= 11 is 2.99. The minimum atomic E-state index is -2.50. The van der Waals surface area contributed by atoms with Gasteiger partial charge in [0.25, 0.3) is 6.43 Å². The predicted molar refractivity (Wildman–Crippen MR) is 41.3 cm³/mol. The molecule has 0 spiro atoms. The molecule has 0 unspecified atom stereocenters. The third kappa shape index (κ3) is 1.86. The van der Waals surface area contributed by atoms with E-state index in [2.05, 4.69) is 20.9 Å². The topological polar surface area (TPSA) is 38.9 Å². The van der Waals surface area contributed by atoms with Crippen LogP contribution in [0.5, 0.6) is 0 Å². The van der Waals surface area contributed by atoms with Crippen LogP contribution < -0.4 is 5.73 Å². The highest BCUT2D eigenvalue weighted by Gasteiger charge is 2.08. The lowest BCUT2D eigenvalue weighted by Crippen LogP contribution is -1.93. The lowest BCUT2D eigenvalue weighted by Gasteiger charge is -2.00. The normalized spacial score (nSPS) is 10.5. The Hall–Kier alpha value is -0.710. The highest BCUT2D eigenvalue weighted by atomic mass is 79.9. The van der Waals surface area contributed by atoms with Crippen molar-refractivity contribution in [3.63, 3.8) is 0 Å². The monoisotopic (exact) mass is 222 g/mol. The Balaban J connectivity index is 3.05. The molecule has 11 heavy (non-hydrogen) atoms. The molecule has 0 amide bonds. The van der Waals surface area contributed by atoms with Crippen molar-refractivity contribution in [2.24, 2.45) is 0 Å². The van der Waals surface area contributed by atoms with Crippen LogP contribution in [0.4, 0.5) is 14.6 Å². The number of rotatable bonds is 1. The van der Waals surface area contributed by atoms with Crippen molar-refractivity contribution in [2.45, 2.75) is 6.43 Å². The van der Waals surface area contributed by atoms with Crippen molar-refractivity contribution in [3.8, 4) is 0 Å². The van der Waals surface area contributed by atoms with Crippen molar-refractivity contribution in [1.29, 1.82) is 0 Å². The highest BCUT2D eigenvalue weighted by Crippen LogP contribution is 2.24. The van der Waals surface area contributed by atoms with Crippen LogP contribution in [-0.4, -0.2) is 4.98 Å². The van der Waals surface area contributed by atoms with E-state index in [0.717, 1.165) is 6.20 Å². The Bertz CT molecular complexity index is 265. The molecule has 0 bridgehead atoms. The summed E-state index contributed by atoms with van der Waals surface area (Å²) < 4.78 is 24.4. The van der Waals surface area contributed by atoms with Crippen LogP contribution in [0.1, 0.15) is 12.0 Å². The molecule has 5 heteroatoms. The van der Waals surface area contributed by atoms with Gasteiger partial charge in [-0.05, 0) is 22.0 Å². The van der Waals surface area contributed by atoms with E-state index in [1.54, 1.807) is 0 Å². The maximum Gasteiger partial charge on any atom is 0.265 e. The van der Waals surface area contributed by atoms with Crippen LogP contribution in [0.25, 0.3) is 0 Å². The number of hydrogen-bond acceptors (Lipinski definition) is 2. The highest BCUT2D eigenvalue weighted by molar-refractivity contribution is 9.10. The van der Waals surface area contributed by atoms with E-state index in [9.17, 15) is 8.78 Å². The minimum absolute atomic E-state index is 0.133. The van der Waals surface area contributed by atoms with Gasteiger partial charge in [-0.2, -0.15) is 0 Å². The molecule has 0 aromatic carbocycles. The summed E-state index contributed by atoms with van der Waals surface area (Å²) in [6.07, 6.45) is -1.44. The third-order valence-corrected chi connectivity index (χ3v) is 1.78. The van der Waals surface area contributed by atoms with E-state index >= 15 is 0 Å². The fourth-order valence-electron chi connectivity index (χ4n) is 0.583. The standard InChI is InChI=1S/C6H5BrF2N2/c7-4-1-3(5(8)9)2-11-6(4)10/h1-2,5H,(H2,10,11). The van der Waals surface area contributed by atoms with Gasteiger partial charge in [0.2, 0.25) is 0 Å². The van der Waals surface area contributed by atoms with Crippen LogP contribution in [0.3, 0.4) is 0 Å². The second-order valence-corrected chi connectivity index (χ2v) is 2.79. The average Bonchev–Trinajstić information content (AvgIpc) is 1.94. The predicted octanol–water partition coefficient (Wildman–Crippen LogP) is 2.36. The summed E-state index contributed by atoms with van der Waals surface area (Å²) in [4.78, 5) is 3.55. The zero-order chi connectivity index (χ0) is 8.43. The fourth-order valence-corrected chi connectivity index (χ4v) is 0.949. The summed E-state index contributed by atoms with van der Waals surface area (Å²) in [5, 5.41) is 0. The van der Waals surface area contributed by atoms with Crippen molar-refractivity contribution >= 4 is 21.7 Å². The van der Waals surface area contributed by atoms with E-state index in [4.69, 9.17) is 5.73 Å². The molecular weight excluding hydrogens is 218 g/mol. The number of hydrogen-bond donors (Lipinski definition) is 1. The van der Waals surface area contributed by atoms with Crippen LogP contribution >= 0.6 is 15.9 Å². The first-order valence-electron chi connectivity index (χ1n) is 2.80. The van der Waals surface area contributed by atoms with Gasteiger partial charge < -0.3 is 5.73 Å². The van der Waals surface area contributed by atoms with Gasteiger partial charge in [-0.1, -0.05) is 0 Å². The molecule has 0 fully saturated rings. The third-order valence-electron chi connectivity index (χ3n) is 1.14. The van der Waals surface area contributed by atoms with Gasteiger partial charge in [0, 0.05) is 11.8 Å². The molecule has 0 aliphatic rings. The van der Waals surface area contributed by atoms with E-state index < -0.39 is 6.43 Å². The van der Waals surface area contributed by atoms with Crippen molar-refractivity contribution in [3.05, 3.63) is 22.3 Å². The molecule has 1 aromatic heterocycles. The molecule has 0 atom stereocenters. The Labute approximate surface area is 70.6 Å².